The molecule has 3 amide bonds. The molecule has 2 aromatic carbocycles. The van der Waals surface area contributed by atoms with Crippen molar-refractivity contribution in [3.05, 3.63) is 54.1 Å². The molecule has 0 fully saturated rings. The first kappa shape index (κ1) is 33.3. The normalized spacial score (nSPS) is 13.0. The van der Waals surface area contributed by atoms with Gasteiger partial charge in [0.05, 0.1) is 4.90 Å². The lowest BCUT2D eigenvalue weighted by molar-refractivity contribution is -0.132. The van der Waals surface area contributed by atoms with Gasteiger partial charge < -0.3 is 15.3 Å². The van der Waals surface area contributed by atoms with Gasteiger partial charge in [0.25, 0.3) is 15.9 Å². The molecule has 40 heavy (non-hydrogen) atoms. The van der Waals surface area contributed by atoms with Crippen LogP contribution in [0.1, 0.15) is 52.5 Å². The van der Waals surface area contributed by atoms with E-state index in [9.17, 15) is 27.9 Å². The van der Waals surface area contributed by atoms with E-state index in [0.29, 0.717) is 55.3 Å². The molecule has 0 aromatic heterocycles. The summed E-state index contributed by atoms with van der Waals surface area (Å²) in [6.45, 7) is 8.27. The first-order valence-electron chi connectivity index (χ1n) is 13.5. The highest BCUT2D eigenvalue weighted by molar-refractivity contribution is 7.90. The Morgan fingerprint density at radius 3 is 2.23 bits per heavy atom. The van der Waals surface area contributed by atoms with Gasteiger partial charge in [-0.2, -0.15) is 12.6 Å². The number of rotatable bonds is 15. The van der Waals surface area contributed by atoms with Crippen LogP contribution in [0.15, 0.2) is 53.4 Å². The maximum Gasteiger partial charge on any atom is 0.264 e. The van der Waals surface area contributed by atoms with E-state index in [4.69, 9.17) is 0 Å². The number of thiol groups is 1. The first-order valence-corrected chi connectivity index (χ1v) is 15.6. The van der Waals surface area contributed by atoms with Crippen molar-refractivity contribution < 1.29 is 27.9 Å². The monoisotopic (exact) mass is 591 g/mol. The molecule has 0 aliphatic carbocycles. The topological polar surface area (TPSA) is 133 Å². The predicted octanol–water partition coefficient (Wildman–Crippen LogP) is 3.38. The minimum Gasteiger partial charge on any atom is -0.384 e. The molecule has 0 spiro atoms. The molecule has 0 heterocycles. The number of carbonyl (C=O) groups is 3. The summed E-state index contributed by atoms with van der Waals surface area (Å²) in [6, 6.07) is 13.4. The SMILES string of the molecule is CCCC(=O)N(CCNC(=O)[C@@H](CS)CC(C)C)Cc1ccc(-c2ccccc2S(=O)(=O)NC(=O)[C@H](C)O)cc1. The summed E-state index contributed by atoms with van der Waals surface area (Å²) < 4.78 is 27.6. The summed E-state index contributed by atoms with van der Waals surface area (Å²) in [7, 11) is -4.21. The zero-order chi connectivity index (χ0) is 29.9. The quantitative estimate of drug-likeness (QED) is 0.235. The maximum atomic E-state index is 12.8. The van der Waals surface area contributed by atoms with Crippen LogP contribution in [0.4, 0.5) is 0 Å². The smallest absolute Gasteiger partial charge is 0.264 e. The average molecular weight is 592 g/mol. The molecule has 0 saturated heterocycles. The second-order valence-corrected chi connectivity index (χ2v) is 12.2. The highest BCUT2D eigenvalue weighted by Gasteiger charge is 2.24. The highest BCUT2D eigenvalue weighted by atomic mass is 32.2. The van der Waals surface area contributed by atoms with E-state index in [2.05, 4.69) is 31.8 Å². The van der Waals surface area contributed by atoms with E-state index in [1.807, 2.05) is 23.8 Å². The van der Waals surface area contributed by atoms with Crippen molar-refractivity contribution in [2.24, 2.45) is 11.8 Å². The molecule has 2 aromatic rings. The number of sulfonamides is 1. The Kier molecular flexibility index (Phi) is 13.1. The number of aliphatic hydroxyl groups excluding tert-OH is 1. The molecule has 0 unspecified atom stereocenters. The zero-order valence-corrected chi connectivity index (χ0v) is 25.3. The van der Waals surface area contributed by atoms with Gasteiger partial charge in [-0.15, -0.1) is 0 Å². The molecular formula is C29H41N3O6S2. The third kappa shape index (κ3) is 9.94. The number of nitrogens with one attached hydrogen (secondary N) is 2. The minimum absolute atomic E-state index is 0.0148. The Morgan fingerprint density at radius 2 is 1.65 bits per heavy atom. The first-order chi connectivity index (χ1) is 18.9. The summed E-state index contributed by atoms with van der Waals surface area (Å²) in [5.41, 5.74) is 1.84. The molecule has 9 nitrogen and oxygen atoms in total. The summed E-state index contributed by atoms with van der Waals surface area (Å²) in [4.78, 5) is 38.8. The van der Waals surface area contributed by atoms with Gasteiger partial charge in [-0.05, 0) is 42.9 Å². The molecule has 2 atom stereocenters. The lowest BCUT2D eigenvalue weighted by Crippen LogP contribution is -2.40. The van der Waals surface area contributed by atoms with Gasteiger partial charge in [-0.1, -0.05) is 63.2 Å². The fourth-order valence-corrected chi connectivity index (χ4v) is 5.77. The van der Waals surface area contributed by atoms with Crippen molar-refractivity contribution >= 4 is 40.4 Å². The van der Waals surface area contributed by atoms with Gasteiger partial charge >= 0.3 is 0 Å². The van der Waals surface area contributed by atoms with Crippen LogP contribution in [0.25, 0.3) is 11.1 Å². The Labute approximate surface area is 243 Å². The van der Waals surface area contributed by atoms with Gasteiger partial charge in [0, 0.05) is 43.3 Å². The lowest BCUT2D eigenvalue weighted by Gasteiger charge is -2.24. The molecule has 11 heteroatoms. The average Bonchev–Trinajstić information content (AvgIpc) is 2.91. The van der Waals surface area contributed by atoms with Gasteiger partial charge in [-0.3, -0.25) is 14.4 Å². The van der Waals surface area contributed by atoms with Crippen molar-refractivity contribution in [2.75, 3.05) is 18.8 Å². The van der Waals surface area contributed by atoms with Crippen molar-refractivity contribution in [2.45, 2.75) is 64.5 Å². The van der Waals surface area contributed by atoms with Gasteiger partial charge in [0.2, 0.25) is 11.8 Å². The van der Waals surface area contributed by atoms with Crippen LogP contribution in [0.3, 0.4) is 0 Å². The van der Waals surface area contributed by atoms with Crippen LogP contribution in [0, 0.1) is 11.8 Å². The molecule has 3 N–H and O–H groups in total. The predicted molar refractivity (Wildman–Crippen MR) is 159 cm³/mol. The molecule has 220 valence electrons. The van der Waals surface area contributed by atoms with E-state index in [0.717, 1.165) is 12.0 Å². The summed E-state index contributed by atoms with van der Waals surface area (Å²) in [6.07, 6.45) is 0.366. The lowest BCUT2D eigenvalue weighted by atomic mass is 9.98. The van der Waals surface area contributed by atoms with Crippen LogP contribution in [-0.2, 0) is 31.0 Å². The second-order valence-electron chi connectivity index (χ2n) is 10.2. The zero-order valence-electron chi connectivity index (χ0n) is 23.6. The fraction of sp³-hybridized carbons (Fsp3) is 0.483. The summed E-state index contributed by atoms with van der Waals surface area (Å²) in [5.74, 6) is -0.426. The van der Waals surface area contributed by atoms with E-state index in [-0.39, 0.29) is 22.6 Å². The van der Waals surface area contributed by atoms with Gasteiger partial charge in [-0.25, -0.2) is 13.1 Å². The largest absolute Gasteiger partial charge is 0.384 e. The highest BCUT2D eigenvalue weighted by Crippen LogP contribution is 2.28. The van der Waals surface area contributed by atoms with Crippen LogP contribution in [0.5, 0.6) is 0 Å². The fourth-order valence-electron chi connectivity index (χ4n) is 4.18. The van der Waals surface area contributed by atoms with Gasteiger partial charge in [0.15, 0.2) is 0 Å². The van der Waals surface area contributed by atoms with Crippen molar-refractivity contribution in [3.63, 3.8) is 0 Å². The molecule has 2 rings (SSSR count). The Balaban J connectivity index is 2.17. The number of hydrogen-bond donors (Lipinski definition) is 4. The molecule has 0 saturated carbocycles. The van der Waals surface area contributed by atoms with Crippen LogP contribution >= 0.6 is 12.6 Å². The van der Waals surface area contributed by atoms with E-state index in [1.165, 1.54) is 13.0 Å². The second kappa shape index (κ2) is 15.8. The third-order valence-electron chi connectivity index (χ3n) is 6.27. The summed E-state index contributed by atoms with van der Waals surface area (Å²) >= 11 is 4.31. The Morgan fingerprint density at radius 1 is 1.00 bits per heavy atom. The van der Waals surface area contributed by atoms with E-state index < -0.39 is 22.0 Å². The van der Waals surface area contributed by atoms with Crippen molar-refractivity contribution in [1.82, 2.24) is 14.9 Å². The molecule has 0 radical (unpaired) electrons. The van der Waals surface area contributed by atoms with Crippen LogP contribution < -0.4 is 10.0 Å². The number of aliphatic hydroxyl groups is 1. The number of nitrogens with zero attached hydrogens (tertiary/aromatic N) is 1. The van der Waals surface area contributed by atoms with Crippen LogP contribution in [0.2, 0.25) is 0 Å². The van der Waals surface area contributed by atoms with Gasteiger partial charge in [0.1, 0.15) is 6.10 Å². The Bertz CT molecular complexity index is 1250. The molecule has 0 aliphatic heterocycles. The molecule has 0 aliphatic rings. The van der Waals surface area contributed by atoms with E-state index in [1.54, 1.807) is 35.2 Å². The number of hydrogen-bond acceptors (Lipinski definition) is 7. The van der Waals surface area contributed by atoms with Crippen molar-refractivity contribution in [1.29, 1.82) is 0 Å². The van der Waals surface area contributed by atoms with Crippen LogP contribution in [-0.4, -0.2) is 61.1 Å². The number of carbonyl (C=O) groups excluding carboxylic acids is 3. The molecular weight excluding hydrogens is 550 g/mol. The standard InChI is InChI=1S/C29H41N3O6S2/c1-5-8-27(34)32(16-15-30-29(36)24(19-39)17-20(2)3)18-22-11-13-23(14-12-22)25-9-6-7-10-26(25)40(37,38)31-28(35)21(4)33/h6-7,9-14,20-21,24,33,39H,5,8,15-19H2,1-4H3,(H,30,36)(H,31,35)/t21-,24+/m0/s1. The number of benzene rings is 2. The van der Waals surface area contributed by atoms with Crippen molar-refractivity contribution in [3.8, 4) is 11.1 Å². The molecule has 0 bridgehead atoms. The number of amides is 3. The minimum atomic E-state index is -4.21. The Hall–Kier alpha value is -2.89. The van der Waals surface area contributed by atoms with E-state index >= 15 is 0 Å². The summed E-state index contributed by atoms with van der Waals surface area (Å²) in [5, 5.41) is 12.4. The third-order valence-corrected chi connectivity index (χ3v) is 8.12. The maximum absolute atomic E-state index is 12.8.